The molecule has 2 rings (SSSR count). The third-order valence-electron chi connectivity index (χ3n) is 3.81. The molecule has 0 saturated heterocycles. The molecule has 2 aromatic carbocycles. The number of halogens is 1. The molecule has 0 aromatic heterocycles. The summed E-state index contributed by atoms with van der Waals surface area (Å²) in [5, 5.41) is 16.4. The Kier molecular flexibility index (Phi) is 11.2. The highest BCUT2D eigenvalue weighted by atomic mass is 127. The van der Waals surface area contributed by atoms with Gasteiger partial charge in [-0.25, -0.2) is 4.99 Å². The predicted molar refractivity (Wildman–Crippen MR) is 124 cm³/mol. The van der Waals surface area contributed by atoms with Crippen molar-refractivity contribution in [3.05, 3.63) is 53.6 Å². The van der Waals surface area contributed by atoms with Crippen LogP contribution >= 0.6 is 24.0 Å². The molecule has 0 unspecified atom stereocenters. The van der Waals surface area contributed by atoms with Gasteiger partial charge in [-0.2, -0.15) is 0 Å². The maximum absolute atomic E-state index is 9.81. The van der Waals surface area contributed by atoms with E-state index in [-0.39, 0.29) is 29.7 Å². The number of ether oxygens (including phenoxy) is 2. The zero-order valence-corrected chi connectivity index (χ0v) is 19.0. The number of phenols is 1. The second-order valence-electron chi connectivity index (χ2n) is 5.82. The fraction of sp³-hybridized carbons (Fsp3) is 0.381. The first kappa shape index (κ1) is 23.9. The van der Waals surface area contributed by atoms with E-state index in [1.807, 2.05) is 57.2 Å². The predicted octanol–water partition coefficient (Wildman–Crippen LogP) is 4.06. The van der Waals surface area contributed by atoms with E-state index < -0.39 is 0 Å². The summed E-state index contributed by atoms with van der Waals surface area (Å²) in [6.45, 7) is 8.88. The number of phenolic OH excluding ortho intramolecular Hbond substituents is 1. The summed E-state index contributed by atoms with van der Waals surface area (Å²) in [6.07, 6.45) is 0. The van der Waals surface area contributed by atoms with E-state index in [0.29, 0.717) is 32.1 Å². The fourth-order valence-electron chi connectivity index (χ4n) is 2.57. The van der Waals surface area contributed by atoms with Crippen molar-refractivity contribution >= 4 is 29.9 Å². The smallest absolute Gasteiger partial charge is 0.191 e. The summed E-state index contributed by atoms with van der Waals surface area (Å²) in [6, 6.07) is 13.3. The Labute approximate surface area is 184 Å². The van der Waals surface area contributed by atoms with Crippen LogP contribution in [0.1, 0.15) is 31.9 Å². The fourth-order valence-corrected chi connectivity index (χ4v) is 2.57. The normalized spacial score (nSPS) is 10.8. The van der Waals surface area contributed by atoms with Crippen LogP contribution in [0, 0.1) is 0 Å². The highest BCUT2D eigenvalue weighted by molar-refractivity contribution is 14.0. The number of aromatic hydroxyl groups is 1. The minimum Gasteiger partial charge on any atom is -0.504 e. The first-order chi connectivity index (χ1) is 13.2. The molecule has 0 aliphatic carbocycles. The van der Waals surface area contributed by atoms with Crippen LogP contribution in [0.3, 0.4) is 0 Å². The molecule has 0 bridgehead atoms. The number of hydrogen-bond donors (Lipinski definition) is 3. The molecule has 0 spiro atoms. The third kappa shape index (κ3) is 7.46. The van der Waals surface area contributed by atoms with E-state index in [4.69, 9.17) is 9.47 Å². The quantitative estimate of drug-likeness (QED) is 0.276. The number of nitrogens with one attached hydrogen (secondary N) is 2. The molecule has 0 aliphatic rings. The monoisotopic (exact) mass is 499 g/mol. The molecule has 28 heavy (non-hydrogen) atoms. The van der Waals surface area contributed by atoms with Crippen LogP contribution in [0.2, 0.25) is 0 Å². The van der Waals surface area contributed by atoms with E-state index in [1.54, 1.807) is 6.07 Å². The topological polar surface area (TPSA) is 75.1 Å². The van der Waals surface area contributed by atoms with Crippen molar-refractivity contribution in [3.8, 4) is 17.2 Å². The second-order valence-corrected chi connectivity index (χ2v) is 5.82. The molecule has 0 saturated carbocycles. The van der Waals surface area contributed by atoms with Crippen molar-refractivity contribution in [3.63, 3.8) is 0 Å². The Balaban J connectivity index is 0.00000392. The van der Waals surface area contributed by atoms with Crippen LogP contribution in [0.4, 0.5) is 0 Å². The van der Waals surface area contributed by atoms with Gasteiger partial charge in [0.15, 0.2) is 17.5 Å². The van der Waals surface area contributed by atoms with Gasteiger partial charge in [0.2, 0.25) is 0 Å². The standard InChI is InChI=1S/C21H29N3O3.HI/c1-4-22-21(24-15-17-9-7-8-10-19(17)26-5-2)23-14-16-11-12-18(25)20(13-16)27-6-3;/h7-13,25H,4-6,14-15H2,1-3H3,(H2,22,23,24);1H. The Hall–Kier alpha value is -2.16. The average molecular weight is 499 g/mol. The molecule has 0 fully saturated rings. The lowest BCUT2D eigenvalue weighted by Gasteiger charge is -2.14. The van der Waals surface area contributed by atoms with Gasteiger partial charge < -0.3 is 25.2 Å². The van der Waals surface area contributed by atoms with Crippen LogP contribution in [-0.2, 0) is 13.1 Å². The lowest BCUT2D eigenvalue weighted by Crippen LogP contribution is -2.36. The minimum absolute atomic E-state index is 0. The van der Waals surface area contributed by atoms with Crippen molar-refractivity contribution in [2.75, 3.05) is 19.8 Å². The largest absolute Gasteiger partial charge is 0.504 e. The van der Waals surface area contributed by atoms with Crippen molar-refractivity contribution < 1.29 is 14.6 Å². The van der Waals surface area contributed by atoms with Crippen molar-refractivity contribution in [1.29, 1.82) is 0 Å². The summed E-state index contributed by atoms with van der Waals surface area (Å²) in [7, 11) is 0. The highest BCUT2D eigenvalue weighted by Crippen LogP contribution is 2.27. The van der Waals surface area contributed by atoms with Crippen molar-refractivity contribution in [1.82, 2.24) is 10.6 Å². The van der Waals surface area contributed by atoms with E-state index in [1.165, 1.54) is 0 Å². The van der Waals surface area contributed by atoms with Crippen molar-refractivity contribution in [2.24, 2.45) is 4.99 Å². The molecule has 2 aromatic rings. The molecule has 0 atom stereocenters. The Morgan fingerprint density at radius 2 is 1.68 bits per heavy atom. The molecule has 0 radical (unpaired) electrons. The summed E-state index contributed by atoms with van der Waals surface area (Å²) in [5.74, 6) is 2.22. The molecule has 6 nitrogen and oxygen atoms in total. The van der Waals surface area contributed by atoms with E-state index in [2.05, 4.69) is 15.6 Å². The van der Waals surface area contributed by atoms with Gasteiger partial charge in [-0.1, -0.05) is 24.3 Å². The lowest BCUT2D eigenvalue weighted by atomic mass is 10.2. The zero-order chi connectivity index (χ0) is 19.5. The molecule has 0 aliphatic heterocycles. The van der Waals surface area contributed by atoms with E-state index >= 15 is 0 Å². The lowest BCUT2D eigenvalue weighted by molar-refractivity contribution is 0.318. The molecule has 0 heterocycles. The van der Waals surface area contributed by atoms with Gasteiger partial charge in [-0.3, -0.25) is 0 Å². The van der Waals surface area contributed by atoms with Crippen LogP contribution in [0.5, 0.6) is 17.2 Å². The SMILES string of the molecule is CCNC(=NCc1ccc(O)c(OCC)c1)NCc1ccccc1OCC.I. The van der Waals surface area contributed by atoms with Gasteiger partial charge in [0.25, 0.3) is 0 Å². The zero-order valence-electron chi connectivity index (χ0n) is 16.7. The maximum Gasteiger partial charge on any atom is 0.191 e. The van der Waals surface area contributed by atoms with Gasteiger partial charge in [0, 0.05) is 18.7 Å². The van der Waals surface area contributed by atoms with Crippen LogP contribution in [0.15, 0.2) is 47.5 Å². The van der Waals surface area contributed by atoms with Gasteiger partial charge >= 0.3 is 0 Å². The molecular formula is C21H30IN3O3. The van der Waals surface area contributed by atoms with Crippen LogP contribution in [0.25, 0.3) is 0 Å². The van der Waals surface area contributed by atoms with Gasteiger partial charge in [-0.05, 0) is 44.5 Å². The van der Waals surface area contributed by atoms with Gasteiger partial charge in [0.05, 0.1) is 19.8 Å². The Bertz CT molecular complexity index is 753. The molecule has 0 amide bonds. The first-order valence-corrected chi connectivity index (χ1v) is 9.35. The van der Waals surface area contributed by atoms with Crippen LogP contribution < -0.4 is 20.1 Å². The number of rotatable bonds is 9. The number of benzene rings is 2. The highest BCUT2D eigenvalue weighted by Gasteiger charge is 2.06. The van der Waals surface area contributed by atoms with Crippen LogP contribution in [-0.4, -0.2) is 30.8 Å². The summed E-state index contributed by atoms with van der Waals surface area (Å²) in [4.78, 5) is 4.62. The second kappa shape index (κ2) is 13.1. The van der Waals surface area contributed by atoms with Crippen molar-refractivity contribution in [2.45, 2.75) is 33.9 Å². The van der Waals surface area contributed by atoms with E-state index in [9.17, 15) is 5.11 Å². The number of hydrogen-bond acceptors (Lipinski definition) is 4. The first-order valence-electron chi connectivity index (χ1n) is 9.35. The van der Waals surface area contributed by atoms with E-state index in [0.717, 1.165) is 29.4 Å². The summed E-state index contributed by atoms with van der Waals surface area (Å²) in [5.41, 5.74) is 2.04. The third-order valence-corrected chi connectivity index (χ3v) is 3.81. The molecular weight excluding hydrogens is 469 g/mol. The number of guanidine groups is 1. The Morgan fingerprint density at radius 1 is 0.964 bits per heavy atom. The van der Waals surface area contributed by atoms with Gasteiger partial charge in [-0.15, -0.1) is 24.0 Å². The number of aliphatic imine (C=N–C) groups is 1. The molecule has 154 valence electrons. The average Bonchev–Trinajstić information content (AvgIpc) is 2.68. The number of para-hydroxylation sites is 1. The molecule has 7 heteroatoms. The summed E-state index contributed by atoms with van der Waals surface area (Å²) < 4.78 is 11.1. The maximum atomic E-state index is 9.81. The molecule has 3 N–H and O–H groups in total. The summed E-state index contributed by atoms with van der Waals surface area (Å²) >= 11 is 0. The Morgan fingerprint density at radius 3 is 2.39 bits per heavy atom. The minimum atomic E-state index is 0. The van der Waals surface area contributed by atoms with Gasteiger partial charge in [0.1, 0.15) is 5.75 Å². The number of nitrogens with zero attached hydrogens (tertiary/aromatic N) is 1.